The number of terminal acetylenes is 1. The van der Waals surface area contributed by atoms with E-state index >= 15 is 0 Å². The smallest absolute Gasteiger partial charge is 0.314 e. The number of esters is 1. The van der Waals surface area contributed by atoms with Crippen LogP contribution in [0.1, 0.15) is 64.2 Å². The normalized spacial score (nSPS) is 21.7. The van der Waals surface area contributed by atoms with Crippen LogP contribution >= 0.6 is 7.14 Å². The number of carbonyl (C=O) groups is 1. The number of hydrogen-bond acceptors (Lipinski definition) is 3. The maximum absolute atomic E-state index is 13.7. The molecule has 0 unspecified atom stereocenters. The van der Waals surface area contributed by atoms with Crippen molar-refractivity contribution in [2.24, 2.45) is 0 Å². The molecule has 4 heteroatoms. The van der Waals surface area contributed by atoms with E-state index in [1.165, 1.54) is 12.8 Å². The van der Waals surface area contributed by atoms with Crippen molar-refractivity contribution in [2.75, 3.05) is 12.8 Å². The van der Waals surface area contributed by atoms with Crippen LogP contribution < -0.4 is 0 Å². The van der Waals surface area contributed by atoms with Gasteiger partial charge in [0.05, 0.1) is 6.16 Å². The van der Waals surface area contributed by atoms with Gasteiger partial charge in [-0.3, -0.25) is 4.79 Å². The van der Waals surface area contributed by atoms with Gasteiger partial charge in [0, 0.05) is 11.3 Å². The molecule has 0 heterocycles. The Bertz CT molecular complexity index is 404. The zero-order valence-electron chi connectivity index (χ0n) is 12.9. The summed E-state index contributed by atoms with van der Waals surface area (Å²) >= 11 is 0. The van der Waals surface area contributed by atoms with Gasteiger partial charge in [0.25, 0.3) is 0 Å². The minimum atomic E-state index is -2.51. The fraction of sp³-hybridized carbons (Fsp3) is 0.824. The Morgan fingerprint density at radius 3 is 1.90 bits per heavy atom. The van der Waals surface area contributed by atoms with E-state index in [1.807, 2.05) is 0 Å². The molecule has 0 bridgehead atoms. The predicted octanol–water partition coefficient (Wildman–Crippen LogP) is 4.19. The molecular weight excluding hydrogens is 283 g/mol. The van der Waals surface area contributed by atoms with Gasteiger partial charge in [0.15, 0.2) is 6.61 Å². The molecular formula is C17H27O3P. The molecule has 0 aromatic rings. The molecule has 2 aliphatic carbocycles. The molecule has 0 radical (unpaired) electrons. The molecule has 0 saturated heterocycles. The molecule has 0 N–H and O–H groups in total. The van der Waals surface area contributed by atoms with Crippen molar-refractivity contribution in [3.63, 3.8) is 0 Å². The zero-order chi connectivity index (χ0) is 15.1. The molecule has 2 saturated carbocycles. The average molecular weight is 310 g/mol. The Labute approximate surface area is 128 Å². The highest BCUT2D eigenvalue weighted by Gasteiger charge is 2.42. The third kappa shape index (κ3) is 4.36. The molecule has 118 valence electrons. The molecule has 2 aliphatic rings. The van der Waals surface area contributed by atoms with Gasteiger partial charge >= 0.3 is 5.97 Å². The first-order valence-corrected chi connectivity index (χ1v) is 10.4. The Morgan fingerprint density at radius 2 is 1.48 bits per heavy atom. The van der Waals surface area contributed by atoms with Gasteiger partial charge in [-0.15, -0.1) is 6.42 Å². The third-order valence-electron chi connectivity index (χ3n) is 5.08. The summed E-state index contributed by atoms with van der Waals surface area (Å²) in [4.78, 5) is 12.0. The van der Waals surface area contributed by atoms with Gasteiger partial charge in [-0.25, -0.2) is 0 Å². The fourth-order valence-corrected chi connectivity index (χ4v) is 8.05. The fourth-order valence-electron chi connectivity index (χ4n) is 3.96. The molecule has 0 amide bonds. The molecule has 0 spiro atoms. The van der Waals surface area contributed by atoms with Crippen LogP contribution in [-0.4, -0.2) is 30.1 Å². The second-order valence-electron chi connectivity index (χ2n) is 6.46. The molecule has 0 atom stereocenters. The van der Waals surface area contributed by atoms with Crippen LogP contribution in [0, 0.1) is 12.3 Å². The monoisotopic (exact) mass is 310 g/mol. The maximum atomic E-state index is 13.7. The van der Waals surface area contributed by atoms with E-state index in [2.05, 4.69) is 5.92 Å². The first-order chi connectivity index (χ1) is 10.2. The third-order valence-corrected chi connectivity index (χ3v) is 9.34. The van der Waals surface area contributed by atoms with Crippen LogP contribution in [0.25, 0.3) is 0 Å². The first kappa shape index (κ1) is 16.6. The summed E-state index contributed by atoms with van der Waals surface area (Å²) < 4.78 is 18.8. The average Bonchev–Trinajstić information content (AvgIpc) is 2.54. The van der Waals surface area contributed by atoms with Crippen LogP contribution in [0.3, 0.4) is 0 Å². The molecule has 0 aromatic carbocycles. The summed E-state index contributed by atoms with van der Waals surface area (Å²) in [7, 11) is -2.51. The minimum Gasteiger partial charge on any atom is -0.452 e. The van der Waals surface area contributed by atoms with E-state index in [1.54, 1.807) is 0 Å². The van der Waals surface area contributed by atoms with E-state index < -0.39 is 7.14 Å². The van der Waals surface area contributed by atoms with Crippen molar-refractivity contribution < 1.29 is 14.1 Å². The summed E-state index contributed by atoms with van der Waals surface area (Å²) in [6.07, 6.45) is 16.4. The largest absolute Gasteiger partial charge is 0.452 e. The van der Waals surface area contributed by atoms with Crippen LogP contribution in [-0.2, 0) is 14.1 Å². The highest BCUT2D eigenvalue weighted by molar-refractivity contribution is 7.66. The number of rotatable bonds is 5. The van der Waals surface area contributed by atoms with Gasteiger partial charge in [0.2, 0.25) is 0 Å². The van der Waals surface area contributed by atoms with Crippen molar-refractivity contribution in [3.05, 3.63) is 0 Å². The van der Waals surface area contributed by atoms with E-state index in [9.17, 15) is 9.36 Å². The summed E-state index contributed by atoms with van der Waals surface area (Å²) in [6, 6.07) is 0. The van der Waals surface area contributed by atoms with E-state index in [0.717, 1.165) is 51.4 Å². The quantitative estimate of drug-likeness (QED) is 0.434. The van der Waals surface area contributed by atoms with Crippen molar-refractivity contribution in [3.8, 4) is 12.3 Å². The van der Waals surface area contributed by atoms with Gasteiger partial charge in [-0.05, 0) is 25.7 Å². The molecule has 3 nitrogen and oxygen atoms in total. The molecule has 2 fully saturated rings. The lowest BCUT2D eigenvalue weighted by Gasteiger charge is -2.37. The standard InChI is InChI=1S/C17H27O3P/c1-2-13-20-17(18)14-21(19,15-9-5-3-6-10-15)16-11-7-4-8-12-16/h1,15-16H,3-14H2. The lowest BCUT2D eigenvalue weighted by Crippen LogP contribution is -2.28. The van der Waals surface area contributed by atoms with Crippen LogP contribution in [0.4, 0.5) is 0 Å². The topological polar surface area (TPSA) is 43.4 Å². The Hall–Kier alpha value is -0.740. The van der Waals surface area contributed by atoms with Gasteiger partial charge in [-0.2, -0.15) is 0 Å². The highest BCUT2D eigenvalue weighted by Crippen LogP contribution is 2.62. The van der Waals surface area contributed by atoms with Gasteiger partial charge in [0.1, 0.15) is 7.14 Å². The second-order valence-corrected chi connectivity index (χ2v) is 9.95. The Kier molecular flexibility index (Phi) is 6.37. The molecule has 0 aromatic heterocycles. The van der Waals surface area contributed by atoms with Crippen LogP contribution in [0.15, 0.2) is 0 Å². The number of carbonyl (C=O) groups excluding carboxylic acids is 1. The van der Waals surface area contributed by atoms with Gasteiger partial charge in [-0.1, -0.05) is 44.4 Å². The highest BCUT2D eigenvalue weighted by atomic mass is 31.2. The van der Waals surface area contributed by atoms with E-state index in [-0.39, 0.29) is 30.1 Å². The van der Waals surface area contributed by atoms with E-state index in [4.69, 9.17) is 11.2 Å². The van der Waals surface area contributed by atoms with Crippen molar-refractivity contribution in [2.45, 2.75) is 75.5 Å². The number of ether oxygens (including phenoxy) is 1. The number of hydrogen-bond donors (Lipinski definition) is 0. The zero-order valence-corrected chi connectivity index (χ0v) is 13.8. The Morgan fingerprint density at radius 1 is 1.00 bits per heavy atom. The maximum Gasteiger partial charge on any atom is 0.314 e. The van der Waals surface area contributed by atoms with Crippen molar-refractivity contribution in [1.29, 1.82) is 0 Å². The summed E-state index contributed by atoms with van der Waals surface area (Å²) in [5.41, 5.74) is 0.487. The lowest BCUT2D eigenvalue weighted by atomic mass is 9.99. The summed E-state index contributed by atoms with van der Waals surface area (Å²) in [5.74, 6) is 1.96. The van der Waals surface area contributed by atoms with Crippen molar-refractivity contribution in [1.82, 2.24) is 0 Å². The molecule has 21 heavy (non-hydrogen) atoms. The molecule has 2 rings (SSSR count). The predicted molar refractivity (Wildman–Crippen MR) is 86.0 cm³/mol. The lowest BCUT2D eigenvalue weighted by molar-refractivity contribution is -0.139. The second kappa shape index (κ2) is 8.04. The summed E-state index contributed by atoms with van der Waals surface area (Å²) in [5, 5.41) is 0. The SMILES string of the molecule is C#CCOC(=O)CP(=O)(C1CCCCC1)C1CCCCC1. The van der Waals surface area contributed by atoms with Gasteiger partial charge < -0.3 is 9.30 Å². The summed E-state index contributed by atoms with van der Waals surface area (Å²) in [6.45, 7) is -0.00579. The van der Waals surface area contributed by atoms with Crippen LogP contribution in [0.5, 0.6) is 0 Å². The van der Waals surface area contributed by atoms with Crippen LogP contribution in [0.2, 0.25) is 0 Å². The van der Waals surface area contributed by atoms with Crippen molar-refractivity contribution >= 4 is 13.1 Å². The first-order valence-electron chi connectivity index (χ1n) is 8.34. The van der Waals surface area contributed by atoms with E-state index in [0.29, 0.717) is 0 Å². The molecule has 0 aliphatic heterocycles. The Balaban J connectivity index is 2.10. The minimum absolute atomic E-state index is 0.00579.